The first-order valence-corrected chi connectivity index (χ1v) is 9.44. The fourth-order valence-electron chi connectivity index (χ4n) is 7.75. The van der Waals surface area contributed by atoms with Crippen LogP contribution >= 0.6 is 0 Å². The second-order valence-corrected chi connectivity index (χ2v) is 8.74. The average Bonchev–Trinajstić information content (AvgIpc) is 2.98. The quantitative estimate of drug-likeness (QED) is 0.862. The maximum Gasteiger partial charge on any atom is 0.0704 e. The zero-order valence-electron chi connectivity index (χ0n) is 14.0. The van der Waals surface area contributed by atoms with Gasteiger partial charge in [-0.25, -0.2) is 0 Å². The summed E-state index contributed by atoms with van der Waals surface area (Å²) in [6, 6.07) is 10.6. The minimum absolute atomic E-state index is 0.000769. The highest BCUT2D eigenvalue weighted by Crippen LogP contribution is 2.67. The average molecular weight is 310 g/mol. The molecule has 6 aliphatic rings. The first-order valence-electron chi connectivity index (χ1n) is 9.44. The van der Waals surface area contributed by atoms with Crippen LogP contribution in [0, 0.1) is 17.8 Å². The number of benzene rings is 1. The van der Waals surface area contributed by atoms with E-state index < -0.39 is 0 Å². The number of likely N-dealkylation sites (N-methyl/N-ethyl adjacent to an activating group) is 1. The van der Waals surface area contributed by atoms with E-state index in [1.807, 2.05) is 0 Å². The van der Waals surface area contributed by atoms with Gasteiger partial charge in [-0.2, -0.15) is 0 Å². The second-order valence-electron chi connectivity index (χ2n) is 8.74. The Balaban J connectivity index is 1.59. The van der Waals surface area contributed by atoms with Crippen LogP contribution in [0.4, 0.5) is 5.69 Å². The summed E-state index contributed by atoms with van der Waals surface area (Å²) in [6.07, 6.45) is 3.60. The van der Waals surface area contributed by atoms with Gasteiger partial charge in [0.2, 0.25) is 0 Å². The molecule has 23 heavy (non-hydrogen) atoms. The van der Waals surface area contributed by atoms with E-state index in [-0.39, 0.29) is 11.5 Å². The number of anilines is 1. The summed E-state index contributed by atoms with van der Waals surface area (Å²) in [5.74, 6) is 2.06. The highest BCUT2D eigenvalue weighted by Gasteiger charge is 2.74. The monoisotopic (exact) mass is 310 g/mol. The molecule has 1 aromatic rings. The normalized spacial score (nSPS) is 54.5. The Bertz CT molecular complexity index is 690. The van der Waals surface area contributed by atoms with Gasteiger partial charge in [-0.05, 0) is 36.3 Å². The van der Waals surface area contributed by atoms with Gasteiger partial charge in [-0.15, -0.1) is 0 Å². The maximum absolute atomic E-state index is 11.6. The molecule has 2 unspecified atom stereocenters. The van der Waals surface area contributed by atoms with Crippen LogP contribution in [0.2, 0.25) is 0 Å². The van der Waals surface area contributed by atoms with Gasteiger partial charge in [-0.1, -0.05) is 31.5 Å². The summed E-state index contributed by atoms with van der Waals surface area (Å²) in [6.45, 7) is 3.62. The molecule has 5 heterocycles. The summed E-state index contributed by atoms with van der Waals surface area (Å²) in [5, 5.41) is 11.6. The number of nitrogens with zero attached hydrogens (tertiary/aromatic N) is 2. The van der Waals surface area contributed by atoms with E-state index in [4.69, 9.17) is 0 Å². The molecule has 7 rings (SSSR count). The van der Waals surface area contributed by atoms with Gasteiger partial charge in [-0.3, -0.25) is 4.90 Å². The van der Waals surface area contributed by atoms with Crippen molar-refractivity contribution in [3.05, 3.63) is 29.8 Å². The molecule has 1 N–H and O–H groups in total. The summed E-state index contributed by atoms with van der Waals surface area (Å²) in [4.78, 5) is 5.34. The second kappa shape index (κ2) is 3.94. The number of hydrogen-bond donors (Lipinski definition) is 1. The SMILES string of the molecule is CC[C@@H]1CN2[C@H]3C[C@@]45c6ccccc6N(C)[C@@H]4[C@@H]2C[C@@H]1C3[C@H]5O. The van der Waals surface area contributed by atoms with Gasteiger partial charge >= 0.3 is 0 Å². The molecule has 1 aromatic carbocycles. The molecule has 5 aliphatic heterocycles. The highest BCUT2D eigenvalue weighted by molar-refractivity contribution is 5.67. The topological polar surface area (TPSA) is 26.7 Å². The molecule has 3 nitrogen and oxygen atoms in total. The molecule has 0 radical (unpaired) electrons. The van der Waals surface area contributed by atoms with Crippen molar-refractivity contribution >= 4 is 5.69 Å². The molecule has 0 amide bonds. The van der Waals surface area contributed by atoms with E-state index in [0.29, 0.717) is 24.0 Å². The first kappa shape index (κ1) is 13.3. The van der Waals surface area contributed by atoms with Crippen LogP contribution in [0.25, 0.3) is 0 Å². The zero-order valence-corrected chi connectivity index (χ0v) is 14.0. The van der Waals surface area contributed by atoms with Crippen LogP contribution in [0.15, 0.2) is 24.3 Å². The van der Waals surface area contributed by atoms with Crippen molar-refractivity contribution in [3.8, 4) is 0 Å². The van der Waals surface area contributed by atoms with Crippen molar-refractivity contribution in [2.24, 2.45) is 17.8 Å². The Morgan fingerprint density at radius 3 is 2.91 bits per heavy atom. The van der Waals surface area contributed by atoms with Gasteiger partial charge < -0.3 is 10.0 Å². The summed E-state index contributed by atoms with van der Waals surface area (Å²) >= 11 is 0. The van der Waals surface area contributed by atoms with Crippen LogP contribution in [-0.4, -0.2) is 47.8 Å². The fraction of sp³-hybridized carbons (Fsp3) is 0.700. The lowest BCUT2D eigenvalue weighted by atomic mass is 9.63. The Labute approximate surface area is 138 Å². The third-order valence-corrected chi connectivity index (χ3v) is 8.41. The van der Waals surface area contributed by atoms with Gasteiger partial charge in [0.25, 0.3) is 0 Å². The molecule has 1 aliphatic carbocycles. The number of aliphatic hydroxyl groups excluding tert-OH is 1. The third kappa shape index (κ3) is 1.21. The first-order chi connectivity index (χ1) is 11.2. The van der Waals surface area contributed by atoms with Crippen LogP contribution in [0.1, 0.15) is 31.7 Å². The number of rotatable bonds is 1. The van der Waals surface area contributed by atoms with E-state index in [9.17, 15) is 5.11 Å². The Hall–Kier alpha value is -1.06. The minimum atomic E-state index is -0.155. The number of fused-ring (bicyclic) bond motifs is 2. The fourth-order valence-corrected chi connectivity index (χ4v) is 7.75. The molecule has 1 spiro atoms. The maximum atomic E-state index is 11.6. The highest BCUT2D eigenvalue weighted by atomic mass is 16.3. The smallest absolute Gasteiger partial charge is 0.0704 e. The molecule has 4 saturated heterocycles. The minimum Gasteiger partial charge on any atom is -0.392 e. The molecular formula is C20H26N2O. The molecular weight excluding hydrogens is 284 g/mol. The van der Waals surface area contributed by atoms with Gasteiger partial charge in [0, 0.05) is 42.7 Å². The predicted octanol–water partition coefficient (Wildman–Crippen LogP) is 2.24. The van der Waals surface area contributed by atoms with E-state index in [1.165, 1.54) is 37.1 Å². The summed E-state index contributed by atoms with van der Waals surface area (Å²) in [7, 11) is 2.27. The molecule has 0 aromatic heterocycles. The van der Waals surface area contributed by atoms with Crippen LogP contribution in [0.5, 0.6) is 0 Å². The van der Waals surface area contributed by atoms with Crippen LogP contribution in [-0.2, 0) is 5.41 Å². The van der Waals surface area contributed by atoms with Gasteiger partial charge in [0.15, 0.2) is 0 Å². The van der Waals surface area contributed by atoms with Crippen molar-refractivity contribution in [1.82, 2.24) is 4.90 Å². The van der Waals surface area contributed by atoms with Crippen molar-refractivity contribution in [1.29, 1.82) is 0 Å². The van der Waals surface area contributed by atoms with Crippen LogP contribution < -0.4 is 4.90 Å². The van der Waals surface area contributed by atoms with Gasteiger partial charge in [0.05, 0.1) is 12.1 Å². The molecule has 3 heteroatoms. The Kier molecular flexibility index (Phi) is 2.27. The van der Waals surface area contributed by atoms with Gasteiger partial charge in [0.1, 0.15) is 0 Å². The van der Waals surface area contributed by atoms with Crippen molar-refractivity contribution in [3.63, 3.8) is 0 Å². The van der Waals surface area contributed by atoms with Crippen molar-refractivity contribution < 1.29 is 5.11 Å². The summed E-state index contributed by atoms with van der Waals surface area (Å²) in [5.41, 5.74) is 2.81. The number of para-hydroxylation sites is 1. The molecule has 1 saturated carbocycles. The number of aliphatic hydroxyl groups is 1. The largest absolute Gasteiger partial charge is 0.392 e. The molecule has 5 fully saturated rings. The predicted molar refractivity (Wildman–Crippen MR) is 90.6 cm³/mol. The van der Waals surface area contributed by atoms with Crippen LogP contribution in [0.3, 0.4) is 0 Å². The lowest BCUT2D eigenvalue weighted by molar-refractivity contribution is -0.100. The lowest BCUT2D eigenvalue weighted by Gasteiger charge is -2.60. The Morgan fingerprint density at radius 1 is 1.26 bits per heavy atom. The molecule has 5 bridgehead atoms. The van der Waals surface area contributed by atoms with Crippen molar-refractivity contribution in [2.75, 3.05) is 18.5 Å². The zero-order chi connectivity index (χ0) is 15.5. The van der Waals surface area contributed by atoms with Crippen molar-refractivity contribution in [2.45, 2.75) is 55.8 Å². The summed E-state index contributed by atoms with van der Waals surface area (Å²) < 4.78 is 0. The molecule has 122 valence electrons. The van der Waals surface area contributed by atoms with E-state index >= 15 is 0 Å². The lowest BCUT2D eigenvalue weighted by Crippen LogP contribution is -2.69. The third-order valence-electron chi connectivity index (χ3n) is 8.41. The number of piperidine rings is 4. The molecule has 9 atom stereocenters. The number of hydrogen-bond acceptors (Lipinski definition) is 3. The van der Waals surface area contributed by atoms with E-state index in [1.54, 1.807) is 0 Å². The van der Waals surface area contributed by atoms with E-state index in [0.717, 1.165) is 11.8 Å². The van der Waals surface area contributed by atoms with E-state index in [2.05, 4.69) is 48.0 Å². The standard InChI is InChI=1S/C20H26N2O/c1-3-11-10-22-15-8-12(11)17-16(22)9-20(19(17)23)13-6-4-5-7-14(13)21(2)18(15)20/h4-7,11-12,15-19,23H,3,8-10H2,1-2H3/t11-,12+,15+,16+,17?,18-,19-,20-/m1/s1. The Morgan fingerprint density at radius 2 is 2.09 bits per heavy atom.